The summed E-state index contributed by atoms with van der Waals surface area (Å²) in [7, 11) is 0. The van der Waals surface area contributed by atoms with E-state index in [2.05, 4.69) is 26.8 Å². The van der Waals surface area contributed by atoms with Gasteiger partial charge in [0.25, 0.3) is 0 Å². The van der Waals surface area contributed by atoms with Gasteiger partial charge in [-0.3, -0.25) is 0 Å². The van der Waals surface area contributed by atoms with E-state index in [-0.39, 0.29) is 6.17 Å². The van der Waals surface area contributed by atoms with E-state index in [1.807, 2.05) is 24.0 Å². The predicted octanol–water partition coefficient (Wildman–Crippen LogP) is 0.565. The van der Waals surface area contributed by atoms with Gasteiger partial charge in [0, 0.05) is 30.1 Å². The fraction of sp³-hybridized carbons (Fsp3) is 0.333. The van der Waals surface area contributed by atoms with Gasteiger partial charge in [0.05, 0.1) is 6.61 Å². The van der Waals surface area contributed by atoms with Gasteiger partial charge in [0.1, 0.15) is 29.1 Å². The van der Waals surface area contributed by atoms with Gasteiger partial charge in [-0.1, -0.05) is 5.92 Å². The molecule has 7 heteroatoms. The average molecular weight is 339 g/mol. The first kappa shape index (κ1) is 17.2. The van der Waals surface area contributed by atoms with Crippen LogP contribution in [0.1, 0.15) is 30.9 Å². The SMILES string of the molecule is CCN1c2nc(C#CC(C)(O)CO)ccc2C=C(c2ncc[nH]2)C1N. The van der Waals surface area contributed by atoms with E-state index in [9.17, 15) is 5.11 Å². The van der Waals surface area contributed by atoms with Crippen LogP contribution in [0.15, 0.2) is 24.5 Å². The van der Waals surface area contributed by atoms with Crippen molar-refractivity contribution in [2.45, 2.75) is 25.6 Å². The number of nitrogens with two attached hydrogens (primary N) is 1. The summed E-state index contributed by atoms with van der Waals surface area (Å²) in [5.41, 5.74) is 7.27. The Labute approximate surface area is 146 Å². The van der Waals surface area contributed by atoms with Crippen molar-refractivity contribution in [2.75, 3.05) is 18.1 Å². The molecule has 2 unspecified atom stereocenters. The number of H-pyrrole nitrogens is 1. The van der Waals surface area contributed by atoms with Gasteiger partial charge in [0.15, 0.2) is 0 Å². The highest BCUT2D eigenvalue weighted by molar-refractivity contribution is 5.90. The first-order valence-corrected chi connectivity index (χ1v) is 8.06. The van der Waals surface area contributed by atoms with Gasteiger partial charge in [-0.05, 0) is 38.0 Å². The van der Waals surface area contributed by atoms with Crippen LogP contribution in [0, 0.1) is 11.8 Å². The number of hydrogen-bond acceptors (Lipinski definition) is 6. The zero-order chi connectivity index (χ0) is 18.0. The van der Waals surface area contributed by atoms with Crippen LogP contribution in [-0.4, -0.2) is 50.1 Å². The molecule has 1 aliphatic heterocycles. The van der Waals surface area contributed by atoms with Crippen LogP contribution in [0.25, 0.3) is 11.6 Å². The Morgan fingerprint density at radius 2 is 2.24 bits per heavy atom. The lowest BCUT2D eigenvalue weighted by Crippen LogP contribution is -2.45. The summed E-state index contributed by atoms with van der Waals surface area (Å²) in [5.74, 6) is 6.90. The summed E-state index contributed by atoms with van der Waals surface area (Å²) in [6, 6.07) is 3.69. The highest BCUT2D eigenvalue weighted by Gasteiger charge is 2.28. The number of hydrogen-bond donors (Lipinski definition) is 4. The van der Waals surface area contributed by atoms with E-state index in [1.165, 1.54) is 6.92 Å². The summed E-state index contributed by atoms with van der Waals surface area (Å²) in [5, 5.41) is 18.9. The first-order chi connectivity index (χ1) is 11.9. The van der Waals surface area contributed by atoms with E-state index >= 15 is 0 Å². The van der Waals surface area contributed by atoms with Crippen molar-refractivity contribution in [3.05, 3.63) is 41.6 Å². The standard InChI is InChI=1S/C18H21N5O2/c1-3-23-15(19)14(16-20-8-9-21-16)10-12-4-5-13(22-17(12)23)6-7-18(2,25)11-24/h4-5,8-10,15,24-25H,3,11,19H2,1-2H3,(H,20,21). The second-order valence-electron chi connectivity index (χ2n) is 6.06. The Bertz CT molecular complexity index is 846. The number of nitrogens with zero attached hydrogens (tertiary/aromatic N) is 3. The molecular weight excluding hydrogens is 318 g/mol. The fourth-order valence-electron chi connectivity index (χ4n) is 2.64. The van der Waals surface area contributed by atoms with Crippen LogP contribution < -0.4 is 10.6 Å². The molecule has 0 amide bonds. The van der Waals surface area contributed by atoms with Crippen LogP contribution in [-0.2, 0) is 0 Å². The summed E-state index contributed by atoms with van der Waals surface area (Å²) in [4.78, 5) is 13.9. The number of aromatic nitrogens is 3. The molecule has 0 saturated carbocycles. The third-order valence-corrected chi connectivity index (χ3v) is 4.02. The van der Waals surface area contributed by atoms with Crippen LogP contribution >= 0.6 is 0 Å². The lowest BCUT2D eigenvalue weighted by molar-refractivity contribution is 0.0518. The second kappa shape index (κ2) is 6.69. The number of aliphatic hydroxyl groups excluding tert-OH is 1. The molecule has 2 aromatic rings. The van der Waals surface area contributed by atoms with E-state index in [4.69, 9.17) is 10.8 Å². The highest BCUT2D eigenvalue weighted by Crippen LogP contribution is 2.32. The number of aliphatic hydroxyl groups is 2. The molecular formula is C18H21N5O2. The minimum absolute atomic E-state index is 0.375. The van der Waals surface area contributed by atoms with Crippen molar-refractivity contribution in [3.8, 4) is 11.8 Å². The zero-order valence-corrected chi connectivity index (χ0v) is 14.2. The number of anilines is 1. The van der Waals surface area contributed by atoms with Crippen LogP contribution in [0.5, 0.6) is 0 Å². The van der Waals surface area contributed by atoms with Gasteiger partial charge in [0.2, 0.25) is 0 Å². The smallest absolute Gasteiger partial charge is 0.145 e. The maximum atomic E-state index is 9.80. The van der Waals surface area contributed by atoms with Crippen molar-refractivity contribution >= 4 is 17.5 Å². The Kier molecular flexibility index (Phi) is 4.59. The zero-order valence-electron chi connectivity index (χ0n) is 14.2. The number of imidazole rings is 1. The fourth-order valence-corrected chi connectivity index (χ4v) is 2.64. The molecule has 3 rings (SSSR count). The molecule has 0 bridgehead atoms. The number of nitrogens with one attached hydrogen (secondary N) is 1. The van der Waals surface area contributed by atoms with E-state index in [1.54, 1.807) is 18.5 Å². The third-order valence-electron chi connectivity index (χ3n) is 4.02. The van der Waals surface area contributed by atoms with Crippen LogP contribution in [0.4, 0.5) is 5.82 Å². The molecule has 3 heterocycles. The quantitative estimate of drug-likeness (QED) is 0.608. The average Bonchev–Trinajstić information content (AvgIpc) is 3.14. The molecule has 0 radical (unpaired) electrons. The van der Waals surface area contributed by atoms with Gasteiger partial charge in [-0.2, -0.15) is 0 Å². The Balaban J connectivity index is 2.03. The molecule has 1 aliphatic rings. The summed E-state index contributed by atoms with van der Waals surface area (Å²) < 4.78 is 0. The molecule has 0 aliphatic carbocycles. The van der Waals surface area contributed by atoms with Crippen LogP contribution in [0.3, 0.4) is 0 Å². The van der Waals surface area contributed by atoms with Crippen molar-refractivity contribution in [2.24, 2.45) is 5.73 Å². The molecule has 25 heavy (non-hydrogen) atoms. The number of rotatable bonds is 3. The lowest BCUT2D eigenvalue weighted by Gasteiger charge is -2.34. The van der Waals surface area contributed by atoms with Crippen molar-refractivity contribution in [1.29, 1.82) is 0 Å². The summed E-state index contributed by atoms with van der Waals surface area (Å²) in [6.45, 7) is 3.69. The molecule has 0 spiro atoms. The number of fused-ring (bicyclic) bond motifs is 1. The largest absolute Gasteiger partial charge is 0.392 e. The Morgan fingerprint density at radius 3 is 2.88 bits per heavy atom. The number of pyridine rings is 1. The molecule has 2 atom stereocenters. The predicted molar refractivity (Wildman–Crippen MR) is 96.3 cm³/mol. The normalized spacial score (nSPS) is 18.7. The van der Waals surface area contributed by atoms with Crippen LogP contribution in [0.2, 0.25) is 0 Å². The minimum Gasteiger partial charge on any atom is -0.392 e. The second-order valence-corrected chi connectivity index (χ2v) is 6.06. The monoisotopic (exact) mass is 339 g/mol. The minimum atomic E-state index is -1.45. The summed E-state index contributed by atoms with van der Waals surface area (Å²) in [6.07, 6.45) is 5.05. The van der Waals surface area contributed by atoms with E-state index < -0.39 is 12.2 Å². The molecule has 0 aromatic carbocycles. The van der Waals surface area contributed by atoms with E-state index in [0.29, 0.717) is 12.2 Å². The third kappa shape index (κ3) is 3.42. The number of likely N-dealkylation sites (N-methyl/N-ethyl adjacent to an activating group) is 1. The Hall–Kier alpha value is -2.66. The van der Waals surface area contributed by atoms with Crippen molar-refractivity contribution in [3.63, 3.8) is 0 Å². The van der Waals surface area contributed by atoms with E-state index in [0.717, 1.165) is 22.8 Å². The molecule has 0 saturated heterocycles. The Morgan fingerprint density at radius 1 is 1.44 bits per heavy atom. The molecule has 5 N–H and O–H groups in total. The van der Waals surface area contributed by atoms with Gasteiger partial charge in [-0.15, -0.1) is 0 Å². The van der Waals surface area contributed by atoms with Crippen molar-refractivity contribution in [1.82, 2.24) is 15.0 Å². The highest BCUT2D eigenvalue weighted by atomic mass is 16.3. The molecule has 130 valence electrons. The lowest BCUT2D eigenvalue weighted by atomic mass is 10.0. The maximum absolute atomic E-state index is 9.80. The summed E-state index contributed by atoms with van der Waals surface area (Å²) >= 11 is 0. The van der Waals surface area contributed by atoms with Gasteiger partial charge in [-0.25, -0.2) is 9.97 Å². The molecule has 0 fully saturated rings. The molecule has 7 nitrogen and oxygen atoms in total. The van der Waals surface area contributed by atoms with Gasteiger partial charge < -0.3 is 25.8 Å². The van der Waals surface area contributed by atoms with Crippen molar-refractivity contribution < 1.29 is 10.2 Å². The number of aromatic amines is 1. The molecule has 2 aromatic heterocycles. The first-order valence-electron chi connectivity index (χ1n) is 8.06. The van der Waals surface area contributed by atoms with Gasteiger partial charge >= 0.3 is 0 Å². The maximum Gasteiger partial charge on any atom is 0.145 e. The topological polar surface area (TPSA) is 111 Å².